The summed E-state index contributed by atoms with van der Waals surface area (Å²) in [5, 5.41) is 3.42. The molecular weight excluding hydrogens is 272 g/mol. The van der Waals surface area contributed by atoms with Gasteiger partial charge in [-0.2, -0.15) is 0 Å². The Balaban J connectivity index is 1.54. The number of unbranched alkanes of at least 4 members (excludes halogenated alkanes) is 1. The standard InChI is InChI=1S/C18H36N4/c1-16-9-8-14-22(15-16)13-7-6-12-20-18(19)21-17-10-4-2-3-5-11-17/h16-17H,2-15H2,1H3,(H3,19,20,21). The van der Waals surface area contributed by atoms with E-state index in [9.17, 15) is 0 Å². The van der Waals surface area contributed by atoms with Gasteiger partial charge in [0.05, 0.1) is 0 Å². The monoisotopic (exact) mass is 308 g/mol. The Labute approximate surface area is 136 Å². The lowest BCUT2D eigenvalue weighted by atomic mass is 10.0. The smallest absolute Gasteiger partial charge is 0.188 e. The van der Waals surface area contributed by atoms with E-state index in [2.05, 4.69) is 22.1 Å². The maximum atomic E-state index is 6.03. The summed E-state index contributed by atoms with van der Waals surface area (Å²) in [7, 11) is 0. The molecule has 1 saturated heterocycles. The Hall–Kier alpha value is -0.770. The lowest BCUT2D eigenvalue weighted by Crippen LogP contribution is -2.40. The van der Waals surface area contributed by atoms with Gasteiger partial charge in [0, 0.05) is 19.1 Å². The van der Waals surface area contributed by atoms with Crippen LogP contribution in [0.25, 0.3) is 0 Å². The first kappa shape index (κ1) is 17.6. The SMILES string of the molecule is CC1CCCN(CCCCN=C(N)NC2CCCCCC2)C1. The molecule has 2 rings (SSSR count). The third kappa shape index (κ3) is 6.99. The molecule has 0 aromatic carbocycles. The molecule has 3 N–H and O–H groups in total. The van der Waals surface area contributed by atoms with Crippen LogP contribution in [0.3, 0.4) is 0 Å². The zero-order chi connectivity index (χ0) is 15.6. The largest absolute Gasteiger partial charge is 0.370 e. The van der Waals surface area contributed by atoms with Gasteiger partial charge in [-0.1, -0.05) is 32.6 Å². The summed E-state index contributed by atoms with van der Waals surface area (Å²) in [5.74, 6) is 1.55. The van der Waals surface area contributed by atoms with Gasteiger partial charge in [0.25, 0.3) is 0 Å². The van der Waals surface area contributed by atoms with Crippen molar-refractivity contribution in [3.8, 4) is 0 Å². The van der Waals surface area contributed by atoms with Gasteiger partial charge in [-0.15, -0.1) is 0 Å². The fraction of sp³-hybridized carbons (Fsp3) is 0.944. The molecule has 2 aliphatic rings. The molecule has 4 nitrogen and oxygen atoms in total. The van der Waals surface area contributed by atoms with Crippen LogP contribution in [0, 0.1) is 5.92 Å². The predicted octanol–water partition coefficient (Wildman–Crippen LogP) is 3.13. The van der Waals surface area contributed by atoms with Gasteiger partial charge in [-0.25, -0.2) is 0 Å². The number of hydrogen-bond donors (Lipinski definition) is 2. The second kappa shape index (κ2) is 10.1. The molecule has 1 saturated carbocycles. The molecule has 22 heavy (non-hydrogen) atoms. The fourth-order valence-electron chi connectivity index (χ4n) is 3.82. The summed E-state index contributed by atoms with van der Waals surface area (Å²) in [4.78, 5) is 7.13. The van der Waals surface area contributed by atoms with Crippen molar-refractivity contribution >= 4 is 5.96 Å². The molecule has 0 spiro atoms. The highest BCUT2D eigenvalue weighted by molar-refractivity contribution is 5.78. The summed E-state index contributed by atoms with van der Waals surface area (Å²) in [6, 6.07) is 0.557. The maximum Gasteiger partial charge on any atom is 0.188 e. The average molecular weight is 309 g/mol. The van der Waals surface area contributed by atoms with Crippen molar-refractivity contribution in [1.29, 1.82) is 0 Å². The third-order valence-electron chi connectivity index (χ3n) is 5.11. The van der Waals surface area contributed by atoms with Crippen LogP contribution in [0.1, 0.15) is 71.1 Å². The highest BCUT2D eigenvalue weighted by atomic mass is 15.1. The van der Waals surface area contributed by atoms with E-state index >= 15 is 0 Å². The molecule has 0 aromatic heterocycles. The van der Waals surface area contributed by atoms with Crippen LogP contribution >= 0.6 is 0 Å². The van der Waals surface area contributed by atoms with Gasteiger partial charge < -0.3 is 16.0 Å². The Morgan fingerprint density at radius 3 is 2.59 bits per heavy atom. The van der Waals surface area contributed by atoms with Crippen molar-refractivity contribution in [2.24, 2.45) is 16.6 Å². The Morgan fingerprint density at radius 1 is 1.09 bits per heavy atom. The van der Waals surface area contributed by atoms with Gasteiger partial charge >= 0.3 is 0 Å². The molecule has 1 atom stereocenters. The van der Waals surface area contributed by atoms with Crippen LogP contribution in [0.5, 0.6) is 0 Å². The number of aliphatic imine (C=N–C) groups is 1. The van der Waals surface area contributed by atoms with Crippen molar-refractivity contribution in [1.82, 2.24) is 10.2 Å². The Kier molecular flexibility index (Phi) is 8.06. The minimum Gasteiger partial charge on any atom is -0.370 e. The molecule has 1 unspecified atom stereocenters. The predicted molar refractivity (Wildman–Crippen MR) is 95.2 cm³/mol. The lowest BCUT2D eigenvalue weighted by Gasteiger charge is -2.30. The van der Waals surface area contributed by atoms with Gasteiger partial charge in [-0.05, 0) is 57.5 Å². The van der Waals surface area contributed by atoms with Crippen LogP contribution in [0.15, 0.2) is 4.99 Å². The van der Waals surface area contributed by atoms with E-state index in [4.69, 9.17) is 5.73 Å². The van der Waals surface area contributed by atoms with E-state index in [-0.39, 0.29) is 0 Å². The number of nitrogens with zero attached hydrogens (tertiary/aromatic N) is 2. The van der Waals surface area contributed by atoms with Gasteiger partial charge in [0.2, 0.25) is 0 Å². The molecule has 4 heteroatoms. The fourth-order valence-corrected chi connectivity index (χ4v) is 3.82. The van der Waals surface area contributed by atoms with Gasteiger partial charge in [-0.3, -0.25) is 4.99 Å². The first-order chi connectivity index (χ1) is 10.7. The highest BCUT2D eigenvalue weighted by Gasteiger charge is 2.15. The number of nitrogens with one attached hydrogen (secondary N) is 1. The van der Waals surface area contributed by atoms with E-state index in [1.807, 2.05) is 0 Å². The van der Waals surface area contributed by atoms with Crippen LogP contribution in [0.4, 0.5) is 0 Å². The number of likely N-dealkylation sites (tertiary alicyclic amines) is 1. The van der Waals surface area contributed by atoms with Crippen molar-refractivity contribution in [3.05, 3.63) is 0 Å². The minimum atomic E-state index is 0.557. The Morgan fingerprint density at radius 2 is 1.86 bits per heavy atom. The van der Waals surface area contributed by atoms with Crippen molar-refractivity contribution in [2.45, 2.75) is 77.2 Å². The second-order valence-electron chi connectivity index (χ2n) is 7.35. The molecule has 0 amide bonds. The lowest BCUT2D eigenvalue weighted by molar-refractivity contribution is 0.181. The van der Waals surface area contributed by atoms with E-state index in [0.717, 1.165) is 18.9 Å². The molecular formula is C18H36N4. The van der Waals surface area contributed by atoms with Crippen molar-refractivity contribution in [3.63, 3.8) is 0 Å². The van der Waals surface area contributed by atoms with Crippen LogP contribution < -0.4 is 11.1 Å². The zero-order valence-electron chi connectivity index (χ0n) is 14.5. The summed E-state index contributed by atoms with van der Waals surface area (Å²) < 4.78 is 0. The Bertz CT molecular complexity index is 321. The molecule has 1 aliphatic heterocycles. The van der Waals surface area contributed by atoms with Crippen LogP contribution in [-0.4, -0.2) is 43.1 Å². The summed E-state index contributed by atoms with van der Waals surface area (Å²) >= 11 is 0. The van der Waals surface area contributed by atoms with E-state index in [1.165, 1.54) is 77.4 Å². The molecule has 1 heterocycles. The maximum absolute atomic E-state index is 6.03. The average Bonchev–Trinajstić information content (AvgIpc) is 2.75. The van der Waals surface area contributed by atoms with Crippen LogP contribution in [0.2, 0.25) is 0 Å². The third-order valence-corrected chi connectivity index (χ3v) is 5.11. The number of nitrogens with two attached hydrogens (primary N) is 1. The van der Waals surface area contributed by atoms with E-state index in [1.54, 1.807) is 0 Å². The number of guanidine groups is 1. The van der Waals surface area contributed by atoms with Crippen molar-refractivity contribution in [2.75, 3.05) is 26.2 Å². The molecule has 0 aromatic rings. The van der Waals surface area contributed by atoms with Crippen LogP contribution in [-0.2, 0) is 0 Å². The molecule has 2 fully saturated rings. The highest BCUT2D eigenvalue weighted by Crippen LogP contribution is 2.17. The zero-order valence-corrected chi connectivity index (χ0v) is 14.5. The van der Waals surface area contributed by atoms with Gasteiger partial charge in [0.1, 0.15) is 0 Å². The van der Waals surface area contributed by atoms with Crippen molar-refractivity contribution < 1.29 is 0 Å². The molecule has 1 aliphatic carbocycles. The molecule has 128 valence electrons. The summed E-state index contributed by atoms with van der Waals surface area (Å²) in [6.07, 6.45) is 13.1. The first-order valence-corrected chi connectivity index (χ1v) is 9.53. The summed E-state index contributed by atoms with van der Waals surface area (Å²) in [6.45, 7) is 7.05. The number of piperidine rings is 1. The second-order valence-corrected chi connectivity index (χ2v) is 7.35. The minimum absolute atomic E-state index is 0.557. The quantitative estimate of drug-likeness (QED) is 0.343. The normalized spacial score (nSPS) is 25.9. The van der Waals surface area contributed by atoms with Gasteiger partial charge in [0.15, 0.2) is 5.96 Å². The number of rotatable bonds is 6. The van der Waals surface area contributed by atoms with E-state index < -0.39 is 0 Å². The molecule has 0 radical (unpaired) electrons. The number of hydrogen-bond acceptors (Lipinski definition) is 2. The first-order valence-electron chi connectivity index (χ1n) is 9.53. The topological polar surface area (TPSA) is 53.6 Å². The van der Waals surface area contributed by atoms with E-state index in [0.29, 0.717) is 12.0 Å². The summed E-state index contributed by atoms with van der Waals surface area (Å²) in [5.41, 5.74) is 6.03. The molecule has 0 bridgehead atoms.